The molecular formula is C17H17ClN2O2S. The normalized spacial score (nSPS) is 10.2. The Hall–Kier alpha value is -1.98. The summed E-state index contributed by atoms with van der Waals surface area (Å²) in [6.07, 6.45) is 0. The number of rotatable bonds is 4. The number of hydrogen-bond acceptors (Lipinski definition) is 3. The number of benzene rings is 2. The van der Waals surface area contributed by atoms with Crippen LogP contribution in [-0.2, 0) is 4.79 Å². The maximum atomic E-state index is 11.9. The second-order valence-corrected chi connectivity index (χ2v) is 6.52. The average Bonchev–Trinajstić information content (AvgIpc) is 2.52. The molecule has 0 aromatic heterocycles. The first-order valence-electron chi connectivity index (χ1n) is 7.00. The highest BCUT2D eigenvalue weighted by atomic mass is 35.5. The van der Waals surface area contributed by atoms with Gasteiger partial charge in [-0.2, -0.15) is 0 Å². The third-order valence-corrected chi connectivity index (χ3v) is 4.54. The Bertz CT molecular complexity index is 717. The molecule has 4 nitrogen and oxygen atoms in total. The summed E-state index contributed by atoms with van der Waals surface area (Å²) in [4.78, 5) is 24.7. The van der Waals surface area contributed by atoms with Crippen LogP contribution < -0.4 is 10.9 Å². The number of aryl methyl sites for hydroxylation is 2. The molecule has 0 fully saturated rings. The van der Waals surface area contributed by atoms with E-state index in [0.29, 0.717) is 10.6 Å². The first-order chi connectivity index (χ1) is 11.0. The number of nitrogens with one attached hydrogen (secondary N) is 2. The number of hydrogen-bond donors (Lipinski definition) is 2. The molecule has 2 rings (SSSR count). The van der Waals surface area contributed by atoms with Gasteiger partial charge in [0.25, 0.3) is 5.91 Å². The fourth-order valence-corrected chi connectivity index (χ4v) is 2.88. The van der Waals surface area contributed by atoms with E-state index in [1.807, 2.05) is 26.0 Å². The number of amides is 2. The van der Waals surface area contributed by atoms with Crippen LogP contribution >= 0.6 is 23.4 Å². The molecule has 2 aromatic rings. The van der Waals surface area contributed by atoms with Crippen LogP contribution in [0.5, 0.6) is 0 Å². The Labute approximate surface area is 144 Å². The Morgan fingerprint density at radius 1 is 1.04 bits per heavy atom. The SMILES string of the molecule is Cc1ccc(SCC(=O)NNC(=O)c2ccc(Cl)cc2)c(C)c1. The molecule has 0 saturated carbocycles. The third kappa shape index (κ3) is 5.30. The van der Waals surface area contributed by atoms with E-state index in [9.17, 15) is 9.59 Å². The summed E-state index contributed by atoms with van der Waals surface area (Å²) in [5.74, 6) is -0.422. The van der Waals surface area contributed by atoms with E-state index in [1.165, 1.54) is 17.3 Å². The zero-order chi connectivity index (χ0) is 16.8. The van der Waals surface area contributed by atoms with Crippen LogP contribution in [0, 0.1) is 13.8 Å². The van der Waals surface area contributed by atoms with E-state index in [4.69, 9.17) is 11.6 Å². The lowest BCUT2D eigenvalue weighted by molar-refractivity contribution is -0.119. The number of hydrazine groups is 1. The van der Waals surface area contributed by atoms with Crippen molar-refractivity contribution in [2.24, 2.45) is 0 Å². The highest BCUT2D eigenvalue weighted by molar-refractivity contribution is 8.00. The molecule has 6 heteroatoms. The van der Waals surface area contributed by atoms with Gasteiger partial charge in [0, 0.05) is 15.5 Å². The van der Waals surface area contributed by atoms with Crippen molar-refractivity contribution in [3.63, 3.8) is 0 Å². The van der Waals surface area contributed by atoms with Crippen LogP contribution in [0.1, 0.15) is 21.5 Å². The molecule has 2 aromatic carbocycles. The van der Waals surface area contributed by atoms with Crippen molar-refractivity contribution >= 4 is 35.2 Å². The van der Waals surface area contributed by atoms with Gasteiger partial charge in [-0.05, 0) is 49.7 Å². The van der Waals surface area contributed by atoms with Gasteiger partial charge in [0.1, 0.15) is 0 Å². The van der Waals surface area contributed by atoms with Crippen LogP contribution in [0.15, 0.2) is 47.4 Å². The molecule has 0 spiro atoms. The van der Waals surface area contributed by atoms with E-state index < -0.39 is 0 Å². The average molecular weight is 349 g/mol. The van der Waals surface area contributed by atoms with Gasteiger partial charge in [0.05, 0.1) is 5.75 Å². The Morgan fingerprint density at radius 2 is 1.74 bits per heavy atom. The fourth-order valence-electron chi connectivity index (χ4n) is 1.94. The molecule has 0 bridgehead atoms. The number of halogens is 1. The van der Waals surface area contributed by atoms with E-state index in [-0.39, 0.29) is 17.6 Å². The molecule has 0 aliphatic rings. The minimum absolute atomic E-state index is 0.227. The van der Waals surface area contributed by atoms with Gasteiger partial charge in [-0.3, -0.25) is 20.4 Å². The molecule has 2 amide bonds. The summed E-state index contributed by atoms with van der Waals surface area (Å²) in [5, 5.41) is 0.551. The molecule has 0 radical (unpaired) electrons. The largest absolute Gasteiger partial charge is 0.272 e. The predicted molar refractivity (Wildman–Crippen MR) is 93.7 cm³/mol. The van der Waals surface area contributed by atoms with Crippen LogP contribution in [0.4, 0.5) is 0 Å². The van der Waals surface area contributed by atoms with E-state index in [2.05, 4.69) is 16.9 Å². The maximum absolute atomic E-state index is 11.9. The minimum atomic E-state index is -0.383. The summed E-state index contributed by atoms with van der Waals surface area (Å²) in [5.41, 5.74) is 7.53. The lowest BCUT2D eigenvalue weighted by Crippen LogP contribution is -2.42. The van der Waals surface area contributed by atoms with Crippen LogP contribution in [-0.4, -0.2) is 17.6 Å². The number of thioether (sulfide) groups is 1. The van der Waals surface area contributed by atoms with E-state index in [0.717, 1.165) is 10.5 Å². The summed E-state index contributed by atoms with van der Waals surface area (Å²) in [6.45, 7) is 4.04. The van der Waals surface area contributed by atoms with Crippen molar-refractivity contribution in [2.45, 2.75) is 18.7 Å². The van der Waals surface area contributed by atoms with Crippen molar-refractivity contribution < 1.29 is 9.59 Å². The first kappa shape index (κ1) is 17.4. The van der Waals surface area contributed by atoms with Crippen LogP contribution in [0.25, 0.3) is 0 Å². The summed E-state index contributed by atoms with van der Waals surface area (Å²) < 4.78 is 0. The van der Waals surface area contributed by atoms with Gasteiger partial charge in [0.2, 0.25) is 5.91 Å². The number of carbonyl (C=O) groups is 2. The quantitative estimate of drug-likeness (QED) is 0.656. The van der Waals surface area contributed by atoms with Crippen molar-refractivity contribution in [1.82, 2.24) is 10.9 Å². The van der Waals surface area contributed by atoms with E-state index in [1.54, 1.807) is 24.3 Å². The fraction of sp³-hybridized carbons (Fsp3) is 0.176. The lowest BCUT2D eigenvalue weighted by atomic mass is 10.2. The van der Waals surface area contributed by atoms with Crippen LogP contribution in [0.3, 0.4) is 0 Å². The molecule has 0 heterocycles. The standard InChI is InChI=1S/C17H17ClN2O2S/c1-11-3-8-15(12(2)9-11)23-10-16(21)19-20-17(22)13-4-6-14(18)7-5-13/h3-9H,10H2,1-2H3,(H,19,21)(H,20,22). The molecule has 0 saturated heterocycles. The highest BCUT2D eigenvalue weighted by Crippen LogP contribution is 2.22. The minimum Gasteiger partial charge on any atom is -0.272 e. The second kappa shape index (κ2) is 8.04. The van der Waals surface area contributed by atoms with Crippen molar-refractivity contribution in [3.05, 3.63) is 64.2 Å². The van der Waals surface area contributed by atoms with Gasteiger partial charge in [-0.1, -0.05) is 29.3 Å². The molecule has 0 aliphatic heterocycles. The molecule has 0 atom stereocenters. The Balaban J connectivity index is 1.81. The number of carbonyl (C=O) groups excluding carboxylic acids is 2. The second-order valence-electron chi connectivity index (χ2n) is 5.07. The van der Waals surface area contributed by atoms with Crippen molar-refractivity contribution in [2.75, 3.05) is 5.75 Å². The van der Waals surface area contributed by atoms with Gasteiger partial charge in [-0.15, -0.1) is 11.8 Å². The smallest absolute Gasteiger partial charge is 0.269 e. The summed E-state index contributed by atoms with van der Waals surface area (Å²) in [6, 6.07) is 12.5. The van der Waals surface area contributed by atoms with Crippen molar-refractivity contribution in [1.29, 1.82) is 0 Å². The zero-order valence-electron chi connectivity index (χ0n) is 12.9. The van der Waals surface area contributed by atoms with Crippen LogP contribution in [0.2, 0.25) is 5.02 Å². The summed E-state index contributed by atoms with van der Waals surface area (Å²) >= 11 is 7.19. The highest BCUT2D eigenvalue weighted by Gasteiger charge is 2.08. The lowest BCUT2D eigenvalue weighted by Gasteiger charge is -2.09. The molecule has 23 heavy (non-hydrogen) atoms. The molecular weight excluding hydrogens is 332 g/mol. The topological polar surface area (TPSA) is 58.2 Å². The third-order valence-electron chi connectivity index (χ3n) is 3.11. The molecule has 0 unspecified atom stereocenters. The van der Waals surface area contributed by atoms with E-state index >= 15 is 0 Å². The Kier molecular flexibility index (Phi) is 6.07. The maximum Gasteiger partial charge on any atom is 0.269 e. The molecule has 120 valence electrons. The first-order valence-corrected chi connectivity index (χ1v) is 8.37. The zero-order valence-corrected chi connectivity index (χ0v) is 14.4. The summed E-state index contributed by atoms with van der Waals surface area (Å²) in [7, 11) is 0. The molecule has 2 N–H and O–H groups in total. The van der Waals surface area contributed by atoms with Crippen molar-refractivity contribution in [3.8, 4) is 0 Å². The predicted octanol–water partition coefficient (Wildman–Crippen LogP) is 3.51. The monoisotopic (exact) mass is 348 g/mol. The van der Waals surface area contributed by atoms with Gasteiger partial charge in [-0.25, -0.2) is 0 Å². The Morgan fingerprint density at radius 3 is 2.39 bits per heavy atom. The van der Waals surface area contributed by atoms with Gasteiger partial charge in [0.15, 0.2) is 0 Å². The van der Waals surface area contributed by atoms with Gasteiger partial charge < -0.3 is 0 Å². The van der Waals surface area contributed by atoms with Gasteiger partial charge >= 0.3 is 0 Å². The molecule has 0 aliphatic carbocycles.